The lowest BCUT2D eigenvalue weighted by molar-refractivity contribution is -0.932. The van der Waals surface area contributed by atoms with Gasteiger partial charge in [0.1, 0.15) is 7.11 Å². The van der Waals surface area contributed by atoms with Gasteiger partial charge in [-0.2, -0.15) is 0 Å². The second kappa shape index (κ2) is 3.97. The first kappa shape index (κ1) is 11.0. The van der Waals surface area contributed by atoms with Crippen molar-refractivity contribution in [2.45, 2.75) is 19.3 Å². The molecule has 1 aromatic heterocycles. The van der Waals surface area contributed by atoms with Gasteiger partial charge in [0.25, 0.3) is 5.10 Å². The Hall–Kier alpha value is -2.11. The van der Waals surface area contributed by atoms with Gasteiger partial charge in [-0.05, 0) is 41.2 Å². The highest BCUT2D eigenvalue weighted by Gasteiger charge is 2.29. The molecule has 0 fully saturated rings. The molecule has 6 nitrogen and oxygen atoms in total. The van der Waals surface area contributed by atoms with Crippen LogP contribution in [0.15, 0.2) is 12.1 Å². The van der Waals surface area contributed by atoms with E-state index < -0.39 is 0 Å². The minimum Gasteiger partial charge on any atom is -0.359 e. The number of nitrogen functional groups attached to an aromatic ring is 1. The van der Waals surface area contributed by atoms with Crippen LogP contribution in [0.5, 0.6) is 0 Å². The predicted octanol–water partition coefficient (Wildman–Crippen LogP) is -1.00. The van der Waals surface area contributed by atoms with Gasteiger partial charge < -0.3 is 4.84 Å². The Morgan fingerprint density at radius 1 is 1.11 bits per heavy atom. The van der Waals surface area contributed by atoms with Crippen molar-refractivity contribution >= 4 is 17.0 Å². The lowest BCUT2D eigenvalue weighted by atomic mass is 10.1. The number of rotatable bonds is 2. The van der Waals surface area contributed by atoms with E-state index >= 15 is 0 Å². The lowest BCUT2D eigenvalue weighted by Gasteiger charge is -2.03. The summed E-state index contributed by atoms with van der Waals surface area (Å²) in [6.45, 7) is 0. The van der Waals surface area contributed by atoms with Crippen molar-refractivity contribution < 1.29 is 19.3 Å². The number of benzene rings is 1. The van der Waals surface area contributed by atoms with Crippen molar-refractivity contribution in [1.29, 1.82) is 0 Å². The van der Waals surface area contributed by atoms with Gasteiger partial charge in [-0.15, -0.1) is 0 Å². The summed E-state index contributed by atoms with van der Waals surface area (Å²) in [5, 5.41) is 4.13. The largest absolute Gasteiger partial charge is 0.498 e. The van der Waals surface area contributed by atoms with Gasteiger partial charge in [-0.1, -0.05) is 0 Å². The average Bonchev–Trinajstić information content (AvgIpc) is 2.82. The normalized spacial score (nSPS) is 13.7. The molecule has 94 valence electrons. The van der Waals surface area contributed by atoms with Crippen LogP contribution in [0.25, 0.3) is 11.0 Å². The third-order valence-corrected chi connectivity index (χ3v) is 3.37. The first-order valence-corrected chi connectivity index (χ1v) is 5.93. The van der Waals surface area contributed by atoms with Gasteiger partial charge >= 0.3 is 11.5 Å². The Morgan fingerprint density at radius 2 is 1.78 bits per heavy atom. The number of hydrogen-bond donors (Lipinski definition) is 1. The number of nitrogens with zero attached hydrogens (tertiary/aromatic N) is 3. The van der Waals surface area contributed by atoms with E-state index in [0.717, 1.165) is 23.9 Å². The highest BCUT2D eigenvalue weighted by atomic mass is 16.7. The Morgan fingerprint density at radius 3 is 2.39 bits per heavy atom. The zero-order valence-corrected chi connectivity index (χ0v) is 10.5. The maximum Gasteiger partial charge on any atom is 0.498 e. The fourth-order valence-electron chi connectivity index (χ4n) is 2.56. The highest BCUT2D eigenvalue weighted by molar-refractivity contribution is 5.70. The minimum atomic E-state index is 0.254. The van der Waals surface area contributed by atoms with Gasteiger partial charge in [-0.25, -0.2) is 4.84 Å². The molecule has 2 N–H and O–H groups in total. The molecule has 0 saturated carbocycles. The standard InChI is InChI=1S/C12H15N4O2/c1-17-15-10-6-8-4-3-5-9(8)7-11(10)16(18-2)14-12(15)13/h6-7,13H,3-5H2,1-2H3/q+1/p+1. The maximum absolute atomic E-state index is 5.84. The quantitative estimate of drug-likeness (QED) is 0.692. The van der Waals surface area contributed by atoms with Gasteiger partial charge in [-0.3, -0.25) is 5.73 Å². The topological polar surface area (TPSA) is 65.1 Å². The summed E-state index contributed by atoms with van der Waals surface area (Å²) in [6.07, 6.45) is 3.39. The first-order chi connectivity index (χ1) is 8.74. The number of hydrogen-bond acceptors (Lipinski definition) is 4. The highest BCUT2D eigenvalue weighted by Crippen LogP contribution is 2.24. The summed E-state index contributed by atoms with van der Waals surface area (Å²) in [6, 6.07) is 4.21. The predicted molar refractivity (Wildman–Crippen MR) is 63.6 cm³/mol. The molecular formula is C12H16N4O2+2. The van der Waals surface area contributed by atoms with E-state index in [0.29, 0.717) is 0 Å². The summed E-state index contributed by atoms with van der Waals surface area (Å²) >= 11 is 0. The summed E-state index contributed by atoms with van der Waals surface area (Å²) in [5.41, 5.74) is 10.3. The molecule has 18 heavy (non-hydrogen) atoms. The molecule has 0 spiro atoms. The van der Waals surface area contributed by atoms with Crippen molar-refractivity contribution in [3.63, 3.8) is 0 Å². The van der Waals surface area contributed by atoms with Gasteiger partial charge in [0.05, 0.1) is 0 Å². The van der Waals surface area contributed by atoms with Crippen LogP contribution in [-0.4, -0.2) is 19.3 Å². The average molecular weight is 248 g/mol. The van der Waals surface area contributed by atoms with Crippen LogP contribution >= 0.6 is 0 Å². The number of fused-ring (bicyclic) bond motifs is 2. The van der Waals surface area contributed by atoms with E-state index in [4.69, 9.17) is 15.4 Å². The van der Waals surface area contributed by atoms with Crippen molar-refractivity contribution in [3.05, 3.63) is 23.3 Å². The van der Waals surface area contributed by atoms with Crippen LogP contribution in [0.3, 0.4) is 0 Å². The van der Waals surface area contributed by atoms with Crippen LogP contribution in [0.2, 0.25) is 0 Å². The molecule has 0 unspecified atom stereocenters. The number of aromatic nitrogens is 3. The molecule has 0 bridgehead atoms. The van der Waals surface area contributed by atoms with E-state index in [1.165, 1.54) is 27.1 Å². The van der Waals surface area contributed by atoms with Crippen LogP contribution < -0.4 is 25.0 Å². The SMILES string of the molecule is CO[n+]1nc(N)[n+](OC)c2cc3c(cc21)CCC3. The van der Waals surface area contributed by atoms with E-state index in [-0.39, 0.29) is 5.95 Å². The Balaban J connectivity index is 2.39. The Bertz CT molecular complexity index is 627. The second-order valence-corrected chi connectivity index (χ2v) is 4.35. The molecule has 1 heterocycles. The molecule has 1 aliphatic rings. The van der Waals surface area contributed by atoms with E-state index in [2.05, 4.69) is 17.2 Å². The van der Waals surface area contributed by atoms with E-state index in [9.17, 15) is 0 Å². The fourth-order valence-corrected chi connectivity index (χ4v) is 2.56. The zero-order chi connectivity index (χ0) is 12.7. The van der Waals surface area contributed by atoms with Crippen LogP contribution in [0.1, 0.15) is 17.5 Å². The molecule has 0 amide bonds. The third kappa shape index (κ3) is 1.45. The molecule has 0 radical (unpaired) electrons. The summed E-state index contributed by atoms with van der Waals surface area (Å²) in [7, 11) is 3.14. The second-order valence-electron chi connectivity index (χ2n) is 4.35. The number of aryl methyl sites for hydroxylation is 2. The van der Waals surface area contributed by atoms with Crippen molar-refractivity contribution in [3.8, 4) is 0 Å². The molecule has 0 saturated heterocycles. The Labute approximate surface area is 104 Å². The molecule has 1 aromatic carbocycles. The molecule has 3 rings (SSSR count). The first-order valence-electron chi connectivity index (χ1n) is 5.93. The molecule has 1 aliphatic carbocycles. The number of nitrogens with two attached hydrogens (primary N) is 1. The molecule has 0 atom stereocenters. The van der Waals surface area contributed by atoms with Crippen LogP contribution in [-0.2, 0) is 12.8 Å². The summed E-state index contributed by atoms with van der Waals surface area (Å²) in [5.74, 6) is 0.254. The smallest absolute Gasteiger partial charge is 0.359 e. The maximum atomic E-state index is 5.84. The fraction of sp³-hybridized carbons (Fsp3) is 0.417. The summed E-state index contributed by atoms with van der Waals surface area (Å²) < 4.78 is 1.52. The molecule has 2 aromatic rings. The van der Waals surface area contributed by atoms with Gasteiger partial charge in [0.2, 0.25) is 10.4 Å². The van der Waals surface area contributed by atoms with Gasteiger partial charge in [0, 0.05) is 6.07 Å². The Kier molecular flexibility index (Phi) is 2.43. The molecule has 6 heteroatoms. The van der Waals surface area contributed by atoms with E-state index in [1.807, 2.05) is 0 Å². The third-order valence-electron chi connectivity index (χ3n) is 3.37. The summed E-state index contributed by atoms with van der Waals surface area (Å²) in [4.78, 5) is 11.9. The molecular weight excluding hydrogens is 232 g/mol. The number of anilines is 1. The molecule has 0 aliphatic heterocycles. The van der Waals surface area contributed by atoms with Gasteiger partial charge in [0.15, 0.2) is 7.11 Å². The van der Waals surface area contributed by atoms with Crippen molar-refractivity contribution in [2.24, 2.45) is 0 Å². The van der Waals surface area contributed by atoms with Crippen molar-refractivity contribution in [1.82, 2.24) is 5.10 Å². The minimum absolute atomic E-state index is 0.254. The monoisotopic (exact) mass is 248 g/mol. The van der Waals surface area contributed by atoms with E-state index in [1.54, 1.807) is 14.2 Å². The lowest BCUT2D eigenvalue weighted by Crippen LogP contribution is -2.55. The van der Waals surface area contributed by atoms with Crippen LogP contribution in [0, 0.1) is 0 Å². The van der Waals surface area contributed by atoms with Crippen LogP contribution in [0.4, 0.5) is 5.95 Å². The zero-order valence-electron chi connectivity index (χ0n) is 10.5. The van der Waals surface area contributed by atoms with Crippen molar-refractivity contribution in [2.75, 3.05) is 20.0 Å².